The summed E-state index contributed by atoms with van der Waals surface area (Å²) in [5.74, 6) is 1.65. The smallest absolute Gasteiger partial charge is 0.227 e. The standard InChI is InChI=1S/C32H57N9/c1-3-18-39(19-4-2)20-8-5-9-21-40-22-16-27(17-23-40)35-30-29-31(41(24-34-29)28-10-6-7-11-28)38-32(37-30)36-26-14-12-25(33)13-15-26/h24-28H,3-23,33H2,1-2H3,(H2,35,36,37,38). The molecular weight excluding hydrogens is 510 g/mol. The second-order valence-corrected chi connectivity index (χ2v) is 13.1. The molecular formula is C32H57N9. The number of nitrogens with one attached hydrogen (secondary N) is 2. The molecule has 9 nitrogen and oxygen atoms in total. The molecule has 0 radical (unpaired) electrons. The summed E-state index contributed by atoms with van der Waals surface area (Å²) in [5.41, 5.74) is 8.08. The third-order valence-electron chi connectivity index (χ3n) is 9.70. The molecule has 230 valence electrons. The van der Waals surface area contributed by atoms with Crippen molar-refractivity contribution in [2.24, 2.45) is 5.73 Å². The van der Waals surface area contributed by atoms with Gasteiger partial charge in [0.2, 0.25) is 5.95 Å². The van der Waals surface area contributed by atoms with Crippen LogP contribution in [0.15, 0.2) is 6.33 Å². The maximum absolute atomic E-state index is 6.16. The highest BCUT2D eigenvalue weighted by atomic mass is 15.2. The minimum absolute atomic E-state index is 0.338. The minimum atomic E-state index is 0.338. The fourth-order valence-corrected chi connectivity index (χ4v) is 7.29. The van der Waals surface area contributed by atoms with Crippen molar-refractivity contribution < 1.29 is 0 Å². The van der Waals surface area contributed by atoms with Gasteiger partial charge in [0.1, 0.15) is 0 Å². The summed E-state index contributed by atoms with van der Waals surface area (Å²) in [6.45, 7) is 11.9. The third kappa shape index (κ3) is 8.54. The summed E-state index contributed by atoms with van der Waals surface area (Å²) in [6, 6.07) is 1.67. The van der Waals surface area contributed by atoms with Crippen molar-refractivity contribution in [3.63, 3.8) is 0 Å². The van der Waals surface area contributed by atoms with Gasteiger partial charge in [-0.2, -0.15) is 9.97 Å². The molecule has 2 aromatic heterocycles. The highest BCUT2D eigenvalue weighted by Crippen LogP contribution is 2.34. The molecule has 5 rings (SSSR count). The summed E-state index contributed by atoms with van der Waals surface area (Å²) in [5, 5.41) is 7.50. The van der Waals surface area contributed by atoms with Crippen LogP contribution in [-0.4, -0.2) is 86.7 Å². The Bertz CT molecular complexity index is 1030. The Morgan fingerprint density at radius 3 is 2.24 bits per heavy atom. The first-order chi connectivity index (χ1) is 20.1. The summed E-state index contributed by atoms with van der Waals surface area (Å²) < 4.78 is 2.32. The van der Waals surface area contributed by atoms with Crippen molar-refractivity contribution in [3.05, 3.63) is 6.33 Å². The highest BCUT2D eigenvalue weighted by Gasteiger charge is 2.26. The number of nitrogens with two attached hydrogens (primary N) is 1. The SMILES string of the molecule is CCCN(CCC)CCCCCN1CCC(Nc2nc(NC3CCC(N)CC3)nc3c2ncn3C2CCCC2)CC1. The molecule has 3 fully saturated rings. The lowest BCUT2D eigenvalue weighted by atomic mass is 9.92. The van der Waals surface area contributed by atoms with Crippen LogP contribution in [-0.2, 0) is 0 Å². The number of imidazole rings is 1. The van der Waals surface area contributed by atoms with E-state index in [2.05, 4.69) is 38.8 Å². The Morgan fingerprint density at radius 2 is 1.54 bits per heavy atom. The van der Waals surface area contributed by atoms with Crippen molar-refractivity contribution >= 4 is 22.9 Å². The zero-order valence-corrected chi connectivity index (χ0v) is 26.0. The van der Waals surface area contributed by atoms with Crippen LogP contribution in [0.25, 0.3) is 11.2 Å². The maximum Gasteiger partial charge on any atom is 0.227 e. The van der Waals surface area contributed by atoms with Crippen LogP contribution in [0.2, 0.25) is 0 Å². The second-order valence-electron chi connectivity index (χ2n) is 13.1. The van der Waals surface area contributed by atoms with E-state index in [0.29, 0.717) is 24.2 Å². The summed E-state index contributed by atoms with van der Waals surface area (Å²) in [6.07, 6.45) is 20.2. The van der Waals surface area contributed by atoms with Gasteiger partial charge in [-0.1, -0.05) is 33.1 Å². The summed E-state index contributed by atoms with van der Waals surface area (Å²) >= 11 is 0. The zero-order chi connectivity index (χ0) is 28.4. The molecule has 3 heterocycles. The monoisotopic (exact) mass is 567 g/mol. The van der Waals surface area contributed by atoms with Crippen molar-refractivity contribution in [1.29, 1.82) is 0 Å². The minimum Gasteiger partial charge on any atom is -0.365 e. The third-order valence-corrected chi connectivity index (χ3v) is 9.70. The van der Waals surface area contributed by atoms with Gasteiger partial charge >= 0.3 is 0 Å². The molecule has 0 atom stereocenters. The molecule has 4 N–H and O–H groups in total. The van der Waals surface area contributed by atoms with Gasteiger partial charge in [-0.3, -0.25) is 0 Å². The summed E-state index contributed by atoms with van der Waals surface area (Å²) in [7, 11) is 0. The molecule has 2 saturated carbocycles. The number of likely N-dealkylation sites (tertiary alicyclic amines) is 1. The van der Waals surface area contributed by atoms with E-state index >= 15 is 0 Å². The van der Waals surface area contributed by atoms with E-state index in [-0.39, 0.29) is 0 Å². The average Bonchev–Trinajstić information content (AvgIpc) is 3.66. The number of rotatable bonds is 15. The lowest BCUT2D eigenvalue weighted by Crippen LogP contribution is -2.39. The molecule has 41 heavy (non-hydrogen) atoms. The van der Waals surface area contributed by atoms with Crippen LogP contribution in [0.1, 0.15) is 116 Å². The van der Waals surface area contributed by atoms with Gasteiger partial charge in [-0.15, -0.1) is 0 Å². The average molecular weight is 568 g/mol. The maximum atomic E-state index is 6.16. The number of fused-ring (bicyclic) bond motifs is 1. The Labute approximate surface area is 248 Å². The first-order valence-corrected chi connectivity index (χ1v) is 17.1. The Balaban J connectivity index is 1.15. The fourth-order valence-electron chi connectivity index (χ4n) is 7.29. The molecule has 0 spiro atoms. The first kappa shape index (κ1) is 30.5. The molecule has 0 bridgehead atoms. The lowest BCUT2D eigenvalue weighted by Gasteiger charge is -2.32. The van der Waals surface area contributed by atoms with Crippen LogP contribution in [0.5, 0.6) is 0 Å². The van der Waals surface area contributed by atoms with Crippen LogP contribution < -0.4 is 16.4 Å². The number of hydrogen-bond acceptors (Lipinski definition) is 8. The normalized spacial score (nSPS) is 23.1. The quantitative estimate of drug-likeness (QED) is 0.233. The topological polar surface area (TPSA) is 100 Å². The van der Waals surface area contributed by atoms with Gasteiger partial charge < -0.3 is 30.7 Å². The zero-order valence-electron chi connectivity index (χ0n) is 26.0. The van der Waals surface area contributed by atoms with Gasteiger partial charge in [0.25, 0.3) is 0 Å². The molecule has 0 amide bonds. The Hall–Kier alpha value is -1.97. The molecule has 1 aliphatic heterocycles. The molecule has 3 aliphatic rings. The van der Waals surface area contributed by atoms with Crippen molar-refractivity contribution in [3.8, 4) is 0 Å². The largest absolute Gasteiger partial charge is 0.365 e. The van der Waals surface area contributed by atoms with E-state index in [0.717, 1.165) is 74.5 Å². The summed E-state index contributed by atoms with van der Waals surface area (Å²) in [4.78, 5) is 20.2. The van der Waals surface area contributed by atoms with Crippen molar-refractivity contribution in [2.45, 2.75) is 134 Å². The van der Waals surface area contributed by atoms with Gasteiger partial charge in [-0.05, 0) is 103 Å². The highest BCUT2D eigenvalue weighted by molar-refractivity contribution is 5.84. The van der Waals surface area contributed by atoms with Crippen LogP contribution in [0.3, 0.4) is 0 Å². The van der Waals surface area contributed by atoms with Crippen molar-refractivity contribution in [2.75, 3.05) is 49.9 Å². The van der Waals surface area contributed by atoms with E-state index in [1.165, 1.54) is 84.0 Å². The van der Waals surface area contributed by atoms with Gasteiger partial charge in [0.05, 0.1) is 6.33 Å². The molecule has 2 aliphatic carbocycles. The molecule has 2 aromatic rings. The fraction of sp³-hybridized carbons (Fsp3) is 0.844. The number of nitrogens with zero attached hydrogens (tertiary/aromatic N) is 6. The predicted octanol–water partition coefficient (Wildman–Crippen LogP) is 5.79. The van der Waals surface area contributed by atoms with Gasteiger partial charge in [0, 0.05) is 37.3 Å². The van der Waals surface area contributed by atoms with E-state index < -0.39 is 0 Å². The van der Waals surface area contributed by atoms with Gasteiger partial charge in [0.15, 0.2) is 17.0 Å². The first-order valence-electron chi connectivity index (χ1n) is 17.1. The van der Waals surface area contributed by atoms with Crippen molar-refractivity contribution in [1.82, 2.24) is 29.3 Å². The number of hydrogen-bond donors (Lipinski definition) is 3. The number of unbranched alkanes of at least 4 members (excludes halogenated alkanes) is 2. The molecule has 1 saturated heterocycles. The predicted molar refractivity (Wildman–Crippen MR) is 171 cm³/mol. The Morgan fingerprint density at radius 1 is 0.829 bits per heavy atom. The van der Waals surface area contributed by atoms with Crippen LogP contribution in [0.4, 0.5) is 11.8 Å². The van der Waals surface area contributed by atoms with E-state index in [9.17, 15) is 0 Å². The molecule has 0 unspecified atom stereocenters. The number of anilines is 2. The number of aromatic nitrogens is 4. The van der Waals surface area contributed by atoms with Crippen LogP contribution in [0, 0.1) is 0 Å². The van der Waals surface area contributed by atoms with Gasteiger partial charge in [-0.25, -0.2) is 4.98 Å². The lowest BCUT2D eigenvalue weighted by molar-refractivity contribution is 0.211. The molecule has 0 aromatic carbocycles. The molecule has 9 heteroatoms. The Kier molecular flexibility index (Phi) is 11.5. The van der Waals surface area contributed by atoms with E-state index in [4.69, 9.17) is 20.7 Å². The second kappa shape index (κ2) is 15.5. The van der Waals surface area contributed by atoms with E-state index in [1.54, 1.807) is 0 Å². The van der Waals surface area contributed by atoms with Crippen LogP contribution >= 0.6 is 0 Å². The van der Waals surface area contributed by atoms with E-state index in [1.807, 2.05) is 6.33 Å². The number of piperidine rings is 1.